The van der Waals surface area contributed by atoms with Crippen LogP contribution in [0.25, 0.3) is 0 Å². The van der Waals surface area contributed by atoms with Gasteiger partial charge in [0, 0.05) is 14.2 Å². The lowest BCUT2D eigenvalue weighted by molar-refractivity contribution is -0.132. The molecule has 0 spiro atoms. The standard InChI is InChI=1S/C6H11O6P/c1-10-4-5(6(7)8)13(9,11-2)12-3/h4H,1-3H3,(H,7,8). The van der Waals surface area contributed by atoms with Crippen LogP contribution in [0.1, 0.15) is 0 Å². The monoisotopic (exact) mass is 210 g/mol. The summed E-state index contributed by atoms with van der Waals surface area (Å²) in [4.78, 5) is 10.6. The van der Waals surface area contributed by atoms with Gasteiger partial charge in [0.05, 0.1) is 7.11 Å². The molecule has 7 heteroatoms. The van der Waals surface area contributed by atoms with Crippen LogP contribution in [0, 0.1) is 0 Å². The van der Waals surface area contributed by atoms with Crippen molar-refractivity contribution in [2.75, 3.05) is 21.3 Å². The van der Waals surface area contributed by atoms with E-state index >= 15 is 0 Å². The van der Waals surface area contributed by atoms with Gasteiger partial charge in [0.1, 0.15) is 6.26 Å². The third-order valence-corrected chi connectivity index (χ3v) is 3.07. The van der Waals surface area contributed by atoms with Crippen molar-refractivity contribution < 1.29 is 28.3 Å². The van der Waals surface area contributed by atoms with E-state index < -0.39 is 18.9 Å². The number of methoxy groups -OCH3 is 1. The molecule has 0 aromatic heterocycles. The molecule has 0 heterocycles. The van der Waals surface area contributed by atoms with Crippen LogP contribution in [0.15, 0.2) is 11.6 Å². The van der Waals surface area contributed by atoms with Crippen molar-refractivity contribution in [3.05, 3.63) is 11.6 Å². The first kappa shape index (κ1) is 12.2. The van der Waals surface area contributed by atoms with E-state index in [1.54, 1.807) is 0 Å². The maximum absolute atomic E-state index is 11.5. The lowest BCUT2D eigenvalue weighted by Crippen LogP contribution is -2.04. The Hall–Kier alpha value is -0.840. The highest BCUT2D eigenvalue weighted by molar-refractivity contribution is 7.59. The van der Waals surface area contributed by atoms with Crippen LogP contribution in [-0.2, 0) is 23.1 Å². The molecular formula is C6H11O6P. The molecule has 0 aliphatic rings. The van der Waals surface area contributed by atoms with Gasteiger partial charge < -0.3 is 18.9 Å². The van der Waals surface area contributed by atoms with Crippen LogP contribution in [0.3, 0.4) is 0 Å². The molecule has 76 valence electrons. The van der Waals surface area contributed by atoms with Crippen molar-refractivity contribution in [3.8, 4) is 0 Å². The van der Waals surface area contributed by atoms with E-state index in [1.165, 1.54) is 7.11 Å². The fourth-order valence-electron chi connectivity index (χ4n) is 0.615. The molecule has 0 aliphatic carbocycles. The molecular weight excluding hydrogens is 199 g/mol. The second-order valence-corrected chi connectivity index (χ2v) is 4.11. The van der Waals surface area contributed by atoms with Crippen molar-refractivity contribution in [2.24, 2.45) is 0 Å². The van der Waals surface area contributed by atoms with Crippen LogP contribution >= 0.6 is 7.60 Å². The summed E-state index contributed by atoms with van der Waals surface area (Å²) < 4.78 is 24.9. The van der Waals surface area contributed by atoms with Gasteiger partial charge in [-0.05, 0) is 0 Å². The SMILES string of the molecule is COC=C(C(=O)O)P(=O)(OC)OC. The van der Waals surface area contributed by atoms with Gasteiger partial charge in [-0.15, -0.1) is 0 Å². The second kappa shape index (κ2) is 5.01. The van der Waals surface area contributed by atoms with E-state index in [4.69, 9.17) is 5.11 Å². The minimum absolute atomic E-state index is 0.542. The molecule has 0 saturated carbocycles. The Labute approximate surface area is 75.6 Å². The molecule has 0 amide bonds. The number of carboxylic acid groups (broad SMARTS) is 1. The van der Waals surface area contributed by atoms with Gasteiger partial charge in [-0.25, -0.2) is 4.79 Å². The van der Waals surface area contributed by atoms with Gasteiger partial charge in [0.25, 0.3) is 0 Å². The van der Waals surface area contributed by atoms with E-state index in [0.29, 0.717) is 0 Å². The van der Waals surface area contributed by atoms with Gasteiger partial charge in [0.15, 0.2) is 5.31 Å². The summed E-state index contributed by atoms with van der Waals surface area (Å²) in [7, 11) is -0.305. The largest absolute Gasteiger partial charge is 0.503 e. The first-order chi connectivity index (χ1) is 6.01. The summed E-state index contributed by atoms with van der Waals surface area (Å²) in [5.41, 5.74) is 0. The number of carbonyl (C=O) groups is 1. The Balaban J connectivity index is 5.05. The molecule has 0 fully saturated rings. The topological polar surface area (TPSA) is 82.1 Å². The molecule has 0 aliphatic heterocycles. The minimum Gasteiger partial charge on any atom is -0.503 e. The molecule has 0 rings (SSSR count). The first-order valence-electron chi connectivity index (χ1n) is 3.20. The van der Waals surface area contributed by atoms with Crippen LogP contribution in [0.2, 0.25) is 0 Å². The number of hydrogen-bond acceptors (Lipinski definition) is 5. The predicted molar refractivity (Wildman–Crippen MR) is 44.4 cm³/mol. The number of ether oxygens (including phenoxy) is 1. The normalized spacial score (nSPS) is 12.7. The van der Waals surface area contributed by atoms with Crippen molar-refractivity contribution in [1.82, 2.24) is 0 Å². The van der Waals surface area contributed by atoms with Crippen molar-refractivity contribution in [1.29, 1.82) is 0 Å². The smallest absolute Gasteiger partial charge is 0.371 e. The summed E-state index contributed by atoms with van der Waals surface area (Å²) in [6, 6.07) is 0. The zero-order valence-electron chi connectivity index (χ0n) is 7.51. The van der Waals surface area contributed by atoms with E-state index in [2.05, 4.69) is 13.8 Å². The Morgan fingerprint density at radius 2 is 1.77 bits per heavy atom. The molecule has 13 heavy (non-hydrogen) atoms. The zero-order chi connectivity index (χ0) is 10.5. The molecule has 1 N–H and O–H groups in total. The highest BCUT2D eigenvalue weighted by Gasteiger charge is 2.33. The van der Waals surface area contributed by atoms with Crippen LogP contribution in [-0.4, -0.2) is 32.4 Å². The number of aliphatic carboxylic acids is 1. The van der Waals surface area contributed by atoms with Gasteiger partial charge in [0.2, 0.25) is 0 Å². The third kappa shape index (κ3) is 2.84. The first-order valence-corrected chi connectivity index (χ1v) is 4.74. The highest BCUT2D eigenvalue weighted by atomic mass is 31.2. The van der Waals surface area contributed by atoms with Crippen molar-refractivity contribution >= 4 is 13.6 Å². The summed E-state index contributed by atoms with van der Waals surface area (Å²) in [6.07, 6.45) is 0.816. The van der Waals surface area contributed by atoms with Crippen LogP contribution in [0.4, 0.5) is 0 Å². The Bertz CT molecular complexity index is 250. The number of carboxylic acids is 1. The second-order valence-electron chi connectivity index (χ2n) is 1.91. The lowest BCUT2D eigenvalue weighted by Gasteiger charge is -2.12. The highest BCUT2D eigenvalue weighted by Crippen LogP contribution is 2.54. The summed E-state index contributed by atoms with van der Waals surface area (Å²) in [5, 5.41) is 8.08. The minimum atomic E-state index is -3.73. The molecule has 0 aromatic carbocycles. The number of rotatable bonds is 5. The molecule has 0 saturated heterocycles. The van der Waals surface area contributed by atoms with E-state index in [1.807, 2.05) is 0 Å². The Kier molecular flexibility index (Phi) is 4.69. The quantitative estimate of drug-likeness (QED) is 0.414. The van der Waals surface area contributed by atoms with Crippen LogP contribution in [0.5, 0.6) is 0 Å². The molecule has 0 bridgehead atoms. The van der Waals surface area contributed by atoms with E-state index in [9.17, 15) is 9.36 Å². The maximum Gasteiger partial charge on any atom is 0.371 e. The fourth-order valence-corrected chi connectivity index (χ4v) is 1.63. The molecule has 0 aromatic rings. The molecule has 6 nitrogen and oxygen atoms in total. The Morgan fingerprint density at radius 3 is 2.00 bits per heavy atom. The zero-order valence-corrected chi connectivity index (χ0v) is 8.41. The average Bonchev–Trinajstić information content (AvgIpc) is 2.12. The molecule has 0 unspecified atom stereocenters. The lowest BCUT2D eigenvalue weighted by atomic mass is 10.6. The fraction of sp³-hybridized carbons (Fsp3) is 0.500. The van der Waals surface area contributed by atoms with E-state index in [-0.39, 0.29) is 0 Å². The van der Waals surface area contributed by atoms with Gasteiger partial charge >= 0.3 is 13.6 Å². The Morgan fingerprint density at radius 1 is 1.31 bits per heavy atom. The number of hydrogen-bond donors (Lipinski definition) is 1. The van der Waals surface area contributed by atoms with Crippen molar-refractivity contribution in [3.63, 3.8) is 0 Å². The van der Waals surface area contributed by atoms with Crippen LogP contribution < -0.4 is 0 Å². The summed E-state index contributed by atoms with van der Waals surface area (Å²) in [6.45, 7) is 0. The predicted octanol–water partition coefficient (Wildman–Crippen LogP) is 1.04. The van der Waals surface area contributed by atoms with Gasteiger partial charge in [-0.1, -0.05) is 0 Å². The summed E-state index contributed by atoms with van der Waals surface area (Å²) >= 11 is 0. The van der Waals surface area contributed by atoms with Crippen molar-refractivity contribution in [2.45, 2.75) is 0 Å². The van der Waals surface area contributed by atoms with Gasteiger partial charge in [-0.3, -0.25) is 4.57 Å². The molecule has 0 radical (unpaired) electrons. The third-order valence-electron chi connectivity index (χ3n) is 1.22. The van der Waals surface area contributed by atoms with E-state index in [0.717, 1.165) is 20.5 Å². The summed E-state index contributed by atoms with van der Waals surface area (Å²) in [5.74, 6) is -1.41. The molecule has 0 atom stereocenters. The maximum atomic E-state index is 11.5. The van der Waals surface area contributed by atoms with Gasteiger partial charge in [-0.2, -0.15) is 0 Å². The average molecular weight is 210 g/mol.